The second-order valence-corrected chi connectivity index (χ2v) is 9.27. The molecule has 0 aliphatic carbocycles. The van der Waals surface area contributed by atoms with Gasteiger partial charge in [-0.1, -0.05) is 51.8 Å². The van der Waals surface area contributed by atoms with Crippen molar-refractivity contribution in [3.8, 4) is 0 Å². The molecule has 2 amide bonds. The van der Waals surface area contributed by atoms with Crippen molar-refractivity contribution >= 4 is 50.7 Å². The summed E-state index contributed by atoms with van der Waals surface area (Å²) in [5, 5.41) is 2.00. The highest BCUT2D eigenvalue weighted by atomic mass is 79.9. The Morgan fingerprint density at radius 2 is 1.56 bits per heavy atom. The van der Waals surface area contributed by atoms with E-state index in [2.05, 4.69) is 15.9 Å². The van der Waals surface area contributed by atoms with Crippen LogP contribution < -0.4 is 9.96 Å². The lowest BCUT2D eigenvalue weighted by atomic mass is 9.90. The van der Waals surface area contributed by atoms with Gasteiger partial charge in [0.15, 0.2) is 6.10 Å². The first-order chi connectivity index (χ1) is 16.1. The third-order valence-electron chi connectivity index (χ3n) is 5.82. The number of carbonyl (C=O) groups excluding carboxylic acids is 2. The van der Waals surface area contributed by atoms with E-state index in [1.807, 2.05) is 6.07 Å². The molecule has 0 N–H and O–H groups in total. The molecule has 0 saturated carbocycles. The summed E-state index contributed by atoms with van der Waals surface area (Å²) < 4.78 is 40.5. The molecule has 0 unspecified atom stereocenters. The Kier molecular flexibility index (Phi) is 5.66. The van der Waals surface area contributed by atoms with E-state index in [0.29, 0.717) is 16.3 Å². The average molecular weight is 552 g/mol. The Morgan fingerprint density at radius 3 is 2.24 bits per heavy atom. The topological polar surface area (TPSA) is 49.9 Å². The predicted molar refractivity (Wildman–Crippen MR) is 123 cm³/mol. The summed E-state index contributed by atoms with van der Waals surface area (Å²) >= 11 is 9.45. The normalized spacial score (nSPS) is 22.4. The Bertz CT molecular complexity index is 1280. The number of rotatable bonds is 3. The van der Waals surface area contributed by atoms with Crippen LogP contribution in [0.2, 0.25) is 5.02 Å². The largest absolute Gasteiger partial charge is 0.416 e. The molecule has 174 valence electrons. The van der Waals surface area contributed by atoms with Crippen LogP contribution in [-0.2, 0) is 20.6 Å². The van der Waals surface area contributed by atoms with Crippen LogP contribution in [0.25, 0.3) is 0 Å². The number of hydroxylamine groups is 1. The number of alkyl halides is 3. The van der Waals surface area contributed by atoms with Gasteiger partial charge in [0, 0.05) is 9.50 Å². The summed E-state index contributed by atoms with van der Waals surface area (Å²) in [7, 11) is 0. The van der Waals surface area contributed by atoms with Crippen LogP contribution in [0.3, 0.4) is 0 Å². The van der Waals surface area contributed by atoms with Gasteiger partial charge in [0.2, 0.25) is 5.91 Å². The second kappa shape index (κ2) is 8.41. The molecule has 34 heavy (non-hydrogen) atoms. The second-order valence-electron chi connectivity index (χ2n) is 7.91. The SMILES string of the molecule is O=C1[C@H]2[C@H](ON(c3cccc(Br)c3)[C@H]2c2ccc(Cl)cc2)C(=O)N1c1cccc(C(F)(F)F)c1. The van der Waals surface area contributed by atoms with Crippen molar-refractivity contribution in [2.45, 2.75) is 18.3 Å². The van der Waals surface area contributed by atoms with Gasteiger partial charge in [-0.25, -0.2) is 9.96 Å². The van der Waals surface area contributed by atoms with Crippen LogP contribution in [0.4, 0.5) is 24.5 Å². The molecule has 3 atom stereocenters. The molecular formula is C24H15BrClF3N2O3. The van der Waals surface area contributed by atoms with Gasteiger partial charge in [-0.2, -0.15) is 13.2 Å². The minimum atomic E-state index is -4.61. The third-order valence-corrected chi connectivity index (χ3v) is 6.57. The third kappa shape index (κ3) is 3.87. The highest BCUT2D eigenvalue weighted by molar-refractivity contribution is 9.10. The van der Waals surface area contributed by atoms with E-state index >= 15 is 0 Å². The molecule has 2 aliphatic heterocycles. The van der Waals surface area contributed by atoms with Gasteiger partial charge in [0.25, 0.3) is 5.91 Å². The van der Waals surface area contributed by atoms with Crippen molar-refractivity contribution in [3.63, 3.8) is 0 Å². The van der Waals surface area contributed by atoms with E-state index in [9.17, 15) is 22.8 Å². The smallest absolute Gasteiger partial charge is 0.273 e. The van der Waals surface area contributed by atoms with Crippen molar-refractivity contribution in [3.05, 3.63) is 93.4 Å². The highest BCUT2D eigenvalue weighted by Crippen LogP contribution is 2.48. The fraction of sp³-hybridized carbons (Fsp3) is 0.167. The molecule has 3 aromatic carbocycles. The van der Waals surface area contributed by atoms with Gasteiger partial charge in [0.05, 0.1) is 23.0 Å². The fourth-order valence-corrected chi connectivity index (χ4v) is 4.84. The van der Waals surface area contributed by atoms with Crippen LogP contribution in [0.5, 0.6) is 0 Å². The van der Waals surface area contributed by atoms with Gasteiger partial charge in [-0.15, -0.1) is 0 Å². The van der Waals surface area contributed by atoms with Crippen LogP contribution in [0.1, 0.15) is 17.2 Å². The van der Waals surface area contributed by atoms with E-state index in [-0.39, 0.29) is 5.69 Å². The van der Waals surface area contributed by atoms with Crippen molar-refractivity contribution < 1.29 is 27.6 Å². The van der Waals surface area contributed by atoms with E-state index in [0.717, 1.165) is 27.6 Å². The Balaban J connectivity index is 1.57. The van der Waals surface area contributed by atoms with E-state index in [1.54, 1.807) is 42.5 Å². The zero-order chi connectivity index (χ0) is 24.2. The van der Waals surface area contributed by atoms with Crippen molar-refractivity contribution in [1.82, 2.24) is 0 Å². The van der Waals surface area contributed by atoms with Gasteiger partial charge in [0.1, 0.15) is 5.92 Å². The molecule has 5 nitrogen and oxygen atoms in total. The van der Waals surface area contributed by atoms with Crippen molar-refractivity contribution in [2.24, 2.45) is 5.92 Å². The van der Waals surface area contributed by atoms with Gasteiger partial charge in [-0.05, 0) is 54.1 Å². The molecule has 3 aromatic rings. The van der Waals surface area contributed by atoms with Gasteiger partial charge in [-0.3, -0.25) is 14.4 Å². The summed E-state index contributed by atoms with van der Waals surface area (Å²) in [6.45, 7) is 0. The maximum Gasteiger partial charge on any atom is 0.416 e. The summed E-state index contributed by atoms with van der Waals surface area (Å²) in [4.78, 5) is 33.6. The molecule has 0 aromatic heterocycles. The van der Waals surface area contributed by atoms with E-state index in [1.165, 1.54) is 11.1 Å². The van der Waals surface area contributed by atoms with E-state index < -0.39 is 41.6 Å². The number of imide groups is 1. The molecule has 5 rings (SSSR count). The lowest BCUT2D eigenvalue weighted by Gasteiger charge is -2.29. The molecule has 0 bridgehead atoms. The minimum absolute atomic E-state index is 0.147. The first kappa shape index (κ1) is 22.9. The first-order valence-electron chi connectivity index (χ1n) is 10.2. The lowest BCUT2D eigenvalue weighted by molar-refractivity contribution is -0.137. The Hall–Kier alpha value is -2.88. The molecule has 2 heterocycles. The molecule has 10 heteroatoms. The number of hydrogen-bond acceptors (Lipinski definition) is 4. The summed E-state index contributed by atoms with van der Waals surface area (Å²) in [5.41, 5.74) is 0.180. The molecule has 0 radical (unpaired) electrons. The molecule has 2 saturated heterocycles. The van der Waals surface area contributed by atoms with E-state index in [4.69, 9.17) is 16.4 Å². The van der Waals surface area contributed by atoms with Crippen LogP contribution in [0.15, 0.2) is 77.3 Å². The number of fused-ring (bicyclic) bond motifs is 1. The Morgan fingerprint density at radius 1 is 0.882 bits per heavy atom. The van der Waals surface area contributed by atoms with Crippen LogP contribution in [-0.4, -0.2) is 17.9 Å². The maximum atomic E-state index is 13.5. The van der Waals surface area contributed by atoms with Crippen molar-refractivity contribution in [1.29, 1.82) is 0 Å². The number of anilines is 2. The number of halogens is 5. The molecule has 2 fully saturated rings. The summed E-state index contributed by atoms with van der Waals surface area (Å²) in [6, 6.07) is 17.4. The number of amides is 2. The first-order valence-corrected chi connectivity index (χ1v) is 11.3. The van der Waals surface area contributed by atoms with Gasteiger partial charge < -0.3 is 0 Å². The Labute approximate surface area is 205 Å². The molecule has 0 spiro atoms. The van der Waals surface area contributed by atoms with Crippen LogP contribution >= 0.6 is 27.5 Å². The lowest BCUT2D eigenvalue weighted by Crippen LogP contribution is -2.37. The highest BCUT2D eigenvalue weighted by Gasteiger charge is 2.60. The van der Waals surface area contributed by atoms with Crippen LogP contribution in [0, 0.1) is 5.92 Å². The number of carbonyl (C=O) groups is 2. The molecule has 2 aliphatic rings. The quantitative estimate of drug-likeness (QED) is 0.365. The minimum Gasteiger partial charge on any atom is -0.273 e. The summed E-state index contributed by atoms with van der Waals surface area (Å²) in [5.74, 6) is -2.32. The number of nitrogens with zero attached hydrogens (tertiary/aromatic N) is 2. The number of benzene rings is 3. The maximum absolute atomic E-state index is 13.5. The van der Waals surface area contributed by atoms with Gasteiger partial charge >= 0.3 is 6.18 Å². The standard InChI is InChI=1S/C24H15BrClF3N2O3/c25-15-4-2-6-18(12-15)31-20(13-7-9-16(26)10-8-13)19-21(34-31)23(33)30(22(19)32)17-5-1-3-14(11-17)24(27,28)29/h1-12,19-21H/t19-,20+,21+/m1/s1. The zero-order valence-corrected chi connectivity index (χ0v) is 19.5. The zero-order valence-electron chi connectivity index (χ0n) is 17.2. The van der Waals surface area contributed by atoms with Crippen molar-refractivity contribution in [2.75, 3.05) is 9.96 Å². The average Bonchev–Trinajstić information content (AvgIpc) is 3.30. The summed E-state index contributed by atoms with van der Waals surface area (Å²) in [6.07, 6.45) is -5.81. The number of hydrogen-bond donors (Lipinski definition) is 0. The molecular weight excluding hydrogens is 537 g/mol. The fourth-order valence-electron chi connectivity index (χ4n) is 4.33. The monoisotopic (exact) mass is 550 g/mol. The predicted octanol–water partition coefficient (Wildman–Crippen LogP) is 6.17.